The van der Waals surface area contributed by atoms with Crippen LogP contribution in [0.4, 0.5) is 0 Å². The number of likely N-dealkylation sites (tertiary alicyclic amines) is 1. The van der Waals surface area contributed by atoms with Crippen LogP contribution in [0.3, 0.4) is 0 Å². The minimum absolute atomic E-state index is 0.0371. The smallest absolute Gasteiger partial charge is 0.233 e. The van der Waals surface area contributed by atoms with E-state index in [4.69, 9.17) is 0 Å². The van der Waals surface area contributed by atoms with E-state index < -0.39 is 6.04 Å². The zero-order valence-corrected chi connectivity index (χ0v) is 14.3. The number of hydrogen-bond acceptors (Lipinski definition) is 3. The predicted octanol–water partition coefficient (Wildman–Crippen LogP) is 4.05. The van der Waals surface area contributed by atoms with Crippen molar-refractivity contribution in [3.8, 4) is 0 Å². The minimum atomic E-state index is -0.529. The van der Waals surface area contributed by atoms with E-state index in [0.717, 1.165) is 18.7 Å². The van der Waals surface area contributed by atoms with Gasteiger partial charge in [0.05, 0.1) is 12.5 Å². The molecule has 24 heavy (non-hydrogen) atoms. The molecule has 2 aromatic carbocycles. The quantitative estimate of drug-likeness (QED) is 0.615. The molecule has 1 aliphatic heterocycles. The molecule has 2 unspecified atom stereocenters. The highest BCUT2D eigenvalue weighted by Gasteiger charge is 2.41. The first kappa shape index (κ1) is 16.7. The fourth-order valence-electron chi connectivity index (χ4n) is 3.51. The van der Waals surface area contributed by atoms with Gasteiger partial charge in [-0.25, -0.2) is 0 Å². The van der Waals surface area contributed by atoms with Crippen LogP contribution >= 0.6 is 0 Å². The van der Waals surface area contributed by atoms with Gasteiger partial charge in [0.1, 0.15) is 0 Å². The molecule has 3 rings (SSSR count). The van der Waals surface area contributed by atoms with Crippen LogP contribution in [0.15, 0.2) is 54.6 Å². The van der Waals surface area contributed by atoms with E-state index in [2.05, 4.69) is 55.1 Å². The second-order valence-electron chi connectivity index (χ2n) is 6.96. The van der Waals surface area contributed by atoms with Crippen molar-refractivity contribution < 1.29 is 4.92 Å². The Kier molecular flexibility index (Phi) is 4.95. The Morgan fingerprint density at radius 1 is 1.08 bits per heavy atom. The van der Waals surface area contributed by atoms with Gasteiger partial charge in [0, 0.05) is 18.0 Å². The first-order valence-corrected chi connectivity index (χ1v) is 8.54. The lowest BCUT2D eigenvalue weighted by molar-refractivity contribution is -0.521. The number of nitro groups is 1. The lowest BCUT2D eigenvalue weighted by atomic mass is 9.92. The topological polar surface area (TPSA) is 46.4 Å². The van der Waals surface area contributed by atoms with Crippen LogP contribution in [-0.2, 0) is 6.54 Å². The molecule has 1 fully saturated rings. The average Bonchev–Trinajstić information content (AvgIpc) is 3.00. The van der Waals surface area contributed by atoms with Crippen molar-refractivity contribution in [1.82, 2.24) is 4.90 Å². The van der Waals surface area contributed by atoms with Gasteiger partial charge in [-0.15, -0.1) is 0 Å². The fourth-order valence-corrected chi connectivity index (χ4v) is 3.51. The molecular formula is C20H24N2O2. The molecule has 4 heteroatoms. The third kappa shape index (κ3) is 3.65. The molecule has 4 nitrogen and oxygen atoms in total. The van der Waals surface area contributed by atoms with Crippen LogP contribution < -0.4 is 0 Å². The molecule has 0 aromatic heterocycles. The van der Waals surface area contributed by atoms with Crippen LogP contribution in [0.5, 0.6) is 0 Å². The van der Waals surface area contributed by atoms with Crippen molar-refractivity contribution in [3.05, 3.63) is 81.4 Å². The Hall–Kier alpha value is -2.20. The van der Waals surface area contributed by atoms with Crippen LogP contribution in [-0.4, -0.2) is 29.0 Å². The molecule has 0 amide bonds. The van der Waals surface area contributed by atoms with E-state index >= 15 is 0 Å². The molecule has 0 spiro atoms. The van der Waals surface area contributed by atoms with E-state index in [1.54, 1.807) is 0 Å². The van der Waals surface area contributed by atoms with Gasteiger partial charge in [-0.2, -0.15) is 0 Å². The molecular weight excluding hydrogens is 300 g/mol. The summed E-state index contributed by atoms with van der Waals surface area (Å²) in [5.41, 5.74) is 3.56. The number of rotatable bonds is 5. The summed E-state index contributed by atoms with van der Waals surface area (Å²) in [6.45, 7) is 6.34. The summed E-state index contributed by atoms with van der Waals surface area (Å²) in [5, 5.41) is 11.5. The van der Waals surface area contributed by atoms with Crippen LogP contribution in [0.25, 0.3) is 0 Å². The molecule has 1 aliphatic rings. The molecule has 2 aromatic rings. The van der Waals surface area contributed by atoms with E-state index in [9.17, 15) is 10.1 Å². The molecule has 0 saturated carbocycles. The Morgan fingerprint density at radius 2 is 1.75 bits per heavy atom. The zero-order chi connectivity index (χ0) is 17.1. The lowest BCUT2D eigenvalue weighted by Gasteiger charge is -2.15. The first-order valence-electron chi connectivity index (χ1n) is 8.54. The standard InChI is InChI=1S/C20H24N2O2/c1-15(2)17-8-10-18(11-9-17)19-13-21(14-20(19)22(23)24)12-16-6-4-3-5-7-16/h3-11,15,19-20H,12-14H2,1-2H3. The monoisotopic (exact) mass is 324 g/mol. The molecule has 0 N–H and O–H groups in total. The Bertz CT molecular complexity index is 683. The molecule has 0 aliphatic carbocycles. The summed E-state index contributed by atoms with van der Waals surface area (Å²) in [5.74, 6) is 0.438. The van der Waals surface area contributed by atoms with Crippen molar-refractivity contribution in [3.63, 3.8) is 0 Å². The van der Waals surface area contributed by atoms with Gasteiger partial charge >= 0.3 is 0 Å². The molecule has 0 bridgehead atoms. The second-order valence-corrected chi connectivity index (χ2v) is 6.96. The molecule has 1 saturated heterocycles. The molecule has 0 radical (unpaired) electrons. The summed E-state index contributed by atoms with van der Waals surface area (Å²) >= 11 is 0. The van der Waals surface area contributed by atoms with Crippen LogP contribution in [0.2, 0.25) is 0 Å². The van der Waals surface area contributed by atoms with E-state index in [1.807, 2.05) is 18.2 Å². The Morgan fingerprint density at radius 3 is 2.33 bits per heavy atom. The maximum atomic E-state index is 11.5. The number of benzene rings is 2. The lowest BCUT2D eigenvalue weighted by Crippen LogP contribution is -2.28. The van der Waals surface area contributed by atoms with Gasteiger partial charge in [0.25, 0.3) is 0 Å². The normalized spacial score (nSPS) is 21.3. The molecule has 1 heterocycles. The summed E-state index contributed by atoms with van der Waals surface area (Å²) in [7, 11) is 0. The third-order valence-corrected chi connectivity index (χ3v) is 4.92. The molecule has 2 atom stereocenters. The number of hydrogen-bond donors (Lipinski definition) is 0. The van der Waals surface area contributed by atoms with Crippen LogP contribution in [0, 0.1) is 10.1 Å². The van der Waals surface area contributed by atoms with Crippen molar-refractivity contribution in [2.24, 2.45) is 0 Å². The summed E-state index contributed by atoms with van der Waals surface area (Å²) in [6.07, 6.45) is 0. The summed E-state index contributed by atoms with van der Waals surface area (Å²) in [4.78, 5) is 13.6. The Balaban J connectivity index is 1.77. The van der Waals surface area contributed by atoms with Gasteiger partial charge in [-0.3, -0.25) is 15.0 Å². The second kappa shape index (κ2) is 7.14. The van der Waals surface area contributed by atoms with Crippen molar-refractivity contribution in [1.29, 1.82) is 0 Å². The van der Waals surface area contributed by atoms with Crippen LogP contribution in [0.1, 0.15) is 42.4 Å². The minimum Gasteiger partial charge on any atom is -0.292 e. The highest BCUT2D eigenvalue weighted by Crippen LogP contribution is 2.31. The third-order valence-electron chi connectivity index (χ3n) is 4.92. The average molecular weight is 324 g/mol. The SMILES string of the molecule is CC(C)c1ccc(C2CN(Cc3ccccc3)CC2[N+](=O)[O-])cc1. The maximum Gasteiger partial charge on any atom is 0.233 e. The Labute approximate surface area is 143 Å². The van der Waals surface area contributed by atoms with Crippen molar-refractivity contribution >= 4 is 0 Å². The van der Waals surface area contributed by atoms with Crippen molar-refractivity contribution in [2.75, 3.05) is 13.1 Å². The van der Waals surface area contributed by atoms with E-state index in [0.29, 0.717) is 12.5 Å². The number of nitrogens with zero attached hydrogens (tertiary/aromatic N) is 2. The summed E-state index contributed by atoms with van der Waals surface area (Å²) < 4.78 is 0. The van der Waals surface area contributed by atoms with Crippen molar-refractivity contribution in [2.45, 2.75) is 38.3 Å². The first-order chi connectivity index (χ1) is 11.5. The highest BCUT2D eigenvalue weighted by atomic mass is 16.6. The van der Waals surface area contributed by atoms with E-state index in [1.165, 1.54) is 11.1 Å². The maximum absolute atomic E-state index is 11.5. The van der Waals surface area contributed by atoms with E-state index in [-0.39, 0.29) is 10.8 Å². The highest BCUT2D eigenvalue weighted by molar-refractivity contribution is 5.29. The predicted molar refractivity (Wildman–Crippen MR) is 95.8 cm³/mol. The largest absolute Gasteiger partial charge is 0.292 e. The molecule has 126 valence electrons. The van der Waals surface area contributed by atoms with Gasteiger partial charge in [0.2, 0.25) is 6.04 Å². The zero-order valence-electron chi connectivity index (χ0n) is 14.3. The fraction of sp³-hybridized carbons (Fsp3) is 0.400. The van der Waals surface area contributed by atoms with Gasteiger partial charge in [-0.1, -0.05) is 68.4 Å². The van der Waals surface area contributed by atoms with Gasteiger partial charge in [0.15, 0.2) is 0 Å². The summed E-state index contributed by atoms with van der Waals surface area (Å²) in [6, 6.07) is 18.0. The van der Waals surface area contributed by atoms with Gasteiger partial charge < -0.3 is 0 Å². The van der Waals surface area contributed by atoms with Gasteiger partial charge in [-0.05, 0) is 22.6 Å².